The molecule has 0 atom stereocenters. The molecule has 0 aliphatic carbocycles. The maximum Gasteiger partial charge on any atom is 0.340 e. The van der Waals surface area contributed by atoms with Crippen LogP contribution in [-0.2, 0) is 37.4 Å². The molecule has 12 heteroatoms. The van der Waals surface area contributed by atoms with Crippen molar-refractivity contribution in [3.63, 3.8) is 0 Å². The Balaban J connectivity index is 1.50. The van der Waals surface area contributed by atoms with Crippen molar-refractivity contribution < 1.29 is 27.2 Å². The Morgan fingerprint density at radius 2 is 1.64 bits per heavy atom. The van der Waals surface area contributed by atoms with Gasteiger partial charge in [-0.05, 0) is 80.1 Å². The standard InChI is InChI=1S/C33H27Cl3N2O6S/c1-20-7-13-28(14-8-20)45(41,42)37(18-22-9-10-24(35)16-30(22)36)19-27-12-11-26(44-27)17-29-31(33(40)43-3)21(2)38(32(29)39)25-6-4-5-23(34)15-25/h4-17H,18-19H2,1-3H3/b29-17+. The minimum absolute atomic E-state index is 0.0531. The van der Waals surface area contributed by atoms with E-state index in [1.807, 2.05) is 6.92 Å². The van der Waals surface area contributed by atoms with Crippen LogP contribution in [-0.4, -0.2) is 31.7 Å². The monoisotopic (exact) mass is 684 g/mol. The van der Waals surface area contributed by atoms with Crippen molar-refractivity contribution in [2.45, 2.75) is 31.8 Å². The van der Waals surface area contributed by atoms with E-state index in [1.54, 1.807) is 85.8 Å². The zero-order chi connectivity index (χ0) is 32.5. The number of sulfonamides is 1. The molecule has 1 aliphatic heterocycles. The van der Waals surface area contributed by atoms with Gasteiger partial charge in [0.2, 0.25) is 10.0 Å². The fourth-order valence-electron chi connectivity index (χ4n) is 4.90. The fraction of sp³-hybridized carbons (Fsp3) is 0.152. The number of aryl methyl sites for hydroxylation is 1. The van der Waals surface area contributed by atoms with Crippen molar-refractivity contribution in [2.24, 2.45) is 0 Å². The number of methoxy groups -OCH3 is 1. The highest BCUT2D eigenvalue weighted by Crippen LogP contribution is 2.36. The van der Waals surface area contributed by atoms with Crippen LogP contribution in [0.5, 0.6) is 0 Å². The van der Waals surface area contributed by atoms with E-state index in [0.717, 1.165) is 5.56 Å². The zero-order valence-corrected chi connectivity index (χ0v) is 27.5. The minimum atomic E-state index is -4.01. The second-order valence-electron chi connectivity index (χ2n) is 10.3. The number of anilines is 1. The Kier molecular flexibility index (Phi) is 9.57. The number of benzene rings is 3. The Labute approximate surface area is 276 Å². The molecule has 4 aromatic rings. The Hall–Kier alpha value is -3.86. The Morgan fingerprint density at radius 3 is 2.31 bits per heavy atom. The van der Waals surface area contributed by atoms with Crippen LogP contribution in [0.15, 0.2) is 105 Å². The molecule has 1 amide bonds. The van der Waals surface area contributed by atoms with Crippen LogP contribution in [0.2, 0.25) is 15.1 Å². The molecular weight excluding hydrogens is 659 g/mol. The number of rotatable bonds is 9. The second kappa shape index (κ2) is 13.2. The van der Waals surface area contributed by atoms with E-state index in [-0.39, 0.29) is 34.9 Å². The van der Waals surface area contributed by atoms with Crippen molar-refractivity contribution in [3.8, 4) is 0 Å². The smallest absolute Gasteiger partial charge is 0.340 e. The third-order valence-electron chi connectivity index (χ3n) is 7.18. The summed E-state index contributed by atoms with van der Waals surface area (Å²) in [4.78, 5) is 27.9. The zero-order valence-electron chi connectivity index (χ0n) is 24.4. The summed E-state index contributed by atoms with van der Waals surface area (Å²) in [6.45, 7) is 3.28. The van der Waals surface area contributed by atoms with Crippen molar-refractivity contribution in [2.75, 3.05) is 12.0 Å². The third-order valence-corrected chi connectivity index (χ3v) is 9.81. The minimum Gasteiger partial charge on any atom is -0.465 e. The van der Waals surface area contributed by atoms with Crippen LogP contribution in [0.25, 0.3) is 6.08 Å². The lowest BCUT2D eigenvalue weighted by molar-refractivity contribution is -0.136. The number of hydrogen-bond acceptors (Lipinski definition) is 6. The lowest BCUT2D eigenvalue weighted by atomic mass is 10.1. The molecule has 5 rings (SSSR count). The van der Waals surface area contributed by atoms with Crippen LogP contribution in [0, 0.1) is 6.92 Å². The van der Waals surface area contributed by atoms with Gasteiger partial charge in [0, 0.05) is 27.3 Å². The summed E-state index contributed by atoms with van der Waals surface area (Å²) in [6, 6.07) is 21.3. The number of halogens is 3. The average molecular weight is 686 g/mol. The van der Waals surface area contributed by atoms with Crippen LogP contribution in [0.1, 0.15) is 29.6 Å². The first kappa shape index (κ1) is 32.5. The number of nitrogens with zero attached hydrogens (tertiary/aromatic N) is 2. The van der Waals surface area contributed by atoms with Gasteiger partial charge in [0.1, 0.15) is 11.5 Å². The van der Waals surface area contributed by atoms with E-state index in [9.17, 15) is 18.0 Å². The second-order valence-corrected chi connectivity index (χ2v) is 13.5. The van der Waals surface area contributed by atoms with Gasteiger partial charge in [0.15, 0.2) is 0 Å². The quantitative estimate of drug-likeness (QED) is 0.132. The molecule has 0 spiro atoms. The highest BCUT2D eigenvalue weighted by Gasteiger charge is 2.38. The van der Waals surface area contributed by atoms with Crippen molar-refractivity contribution in [1.29, 1.82) is 0 Å². The number of esters is 1. The normalized spacial score (nSPS) is 14.6. The molecule has 0 radical (unpaired) electrons. The molecule has 0 fully saturated rings. The molecule has 8 nitrogen and oxygen atoms in total. The lowest BCUT2D eigenvalue weighted by Gasteiger charge is -2.22. The molecular formula is C33H27Cl3N2O6S. The van der Waals surface area contributed by atoms with Crippen LogP contribution in [0.4, 0.5) is 5.69 Å². The van der Waals surface area contributed by atoms with Gasteiger partial charge in [-0.15, -0.1) is 0 Å². The maximum absolute atomic E-state index is 13.8. The predicted molar refractivity (Wildman–Crippen MR) is 174 cm³/mol. The van der Waals surface area contributed by atoms with Gasteiger partial charge in [-0.3, -0.25) is 9.69 Å². The van der Waals surface area contributed by atoms with Crippen LogP contribution >= 0.6 is 34.8 Å². The van der Waals surface area contributed by atoms with Gasteiger partial charge in [-0.1, -0.05) is 64.6 Å². The number of allylic oxidation sites excluding steroid dienone is 1. The van der Waals surface area contributed by atoms with E-state index >= 15 is 0 Å². The highest BCUT2D eigenvalue weighted by molar-refractivity contribution is 7.89. The van der Waals surface area contributed by atoms with E-state index < -0.39 is 21.9 Å². The van der Waals surface area contributed by atoms with E-state index in [0.29, 0.717) is 37.8 Å². The maximum atomic E-state index is 13.8. The molecule has 1 aromatic heterocycles. The molecule has 0 saturated carbocycles. The summed E-state index contributed by atoms with van der Waals surface area (Å²) < 4.78 is 39.9. The largest absolute Gasteiger partial charge is 0.465 e. The SMILES string of the molecule is COC(=O)C1=C(C)N(c2cccc(Cl)c2)C(=O)/C1=C/c1ccc(CN(Cc2ccc(Cl)cc2Cl)S(=O)(=O)c2ccc(C)cc2)o1. The lowest BCUT2D eigenvalue weighted by Crippen LogP contribution is -2.30. The summed E-state index contributed by atoms with van der Waals surface area (Å²) in [5, 5.41) is 1.16. The van der Waals surface area contributed by atoms with E-state index in [4.69, 9.17) is 44.0 Å². The third kappa shape index (κ3) is 6.88. The summed E-state index contributed by atoms with van der Waals surface area (Å²) in [5.74, 6) is -0.652. The molecule has 0 unspecified atom stereocenters. The van der Waals surface area contributed by atoms with Gasteiger partial charge >= 0.3 is 5.97 Å². The number of amides is 1. The van der Waals surface area contributed by atoms with Crippen LogP contribution in [0.3, 0.4) is 0 Å². The summed E-state index contributed by atoms with van der Waals surface area (Å²) in [7, 11) is -2.78. The van der Waals surface area contributed by atoms with E-state index in [2.05, 4.69) is 0 Å². The molecule has 232 valence electrons. The Bertz CT molecular complexity index is 1970. The number of carbonyl (C=O) groups is 2. The van der Waals surface area contributed by atoms with E-state index in [1.165, 1.54) is 22.4 Å². The predicted octanol–water partition coefficient (Wildman–Crippen LogP) is 7.82. The van der Waals surface area contributed by atoms with Gasteiger partial charge < -0.3 is 9.15 Å². The molecule has 0 bridgehead atoms. The first-order chi connectivity index (χ1) is 21.4. The molecule has 45 heavy (non-hydrogen) atoms. The van der Waals surface area contributed by atoms with Crippen LogP contribution < -0.4 is 4.90 Å². The molecule has 0 saturated heterocycles. The summed E-state index contributed by atoms with van der Waals surface area (Å²) in [5.41, 5.74) is 2.43. The number of ether oxygens (including phenoxy) is 1. The average Bonchev–Trinajstić information content (AvgIpc) is 3.54. The number of carbonyl (C=O) groups excluding carboxylic acids is 2. The van der Waals surface area contributed by atoms with Crippen molar-refractivity contribution in [3.05, 3.63) is 133 Å². The molecule has 0 N–H and O–H groups in total. The molecule has 2 heterocycles. The van der Waals surface area contributed by atoms with Gasteiger partial charge in [-0.2, -0.15) is 4.31 Å². The molecule has 3 aromatic carbocycles. The summed E-state index contributed by atoms with van der Waals surface area (Å²) in [6.07, 6.45) is 1.43. The van der Waals surface area contributed by atoms with Gasteiger partial charge in [0.05, 0.1) is 35.4 Å². The number of hydrogen-bond donors (Lipinski definition) is 0. The first-order valence-electron chi connectivity index (χ1n) is 13.6. The topological polar surface area (TPSA) is 97.1 Å². The fourth-order valence-corrected chi connectivity index (χ4v) is 6.94. The van der Waals surface area contributed by atoms with Crippen molar-refractivity contribution in [1.82, 2.24) is 4.31 Å². The highest BCUT2D eigenvalue weighted by atomic mass is 35.5. The molecule has 1 aliphatic rings. The first-order valence-corrected chi connectivity index (χ1v) is 16.2. The van der Waals surface area contributed by atoms with Gasteiger partial charge in [0.25, 0.3) is 5.91 Å². The number of furan rings is 1. The summed E-state index contributed by atoms with van der Waals surface area (Å²) >= 11 is 18.6. The van der Waals surface area contributed by atoms with Gasteiger partial charge in [-0.25, -0.2) is 13.2 Å². The Morgan fingerprint density at radius 1 is 0.933 bits per heavy atom. The van der Waals surface area contributed by atoms with Crippen molar-refractivity contribution >= 4 is 68.5 Å².